The number of aromatic nitrogens is 2. The molecule has 1 aromatic carbocycles. The van der Waals surface area contributed by atoms with E-state index in [0.717, 1.165) is 24.2 Å². The van der Waals surface area contributed by atoms with Gasteiger partial charge in [0.1, 0.15) is 5.82 Å². The van der Waals surface area contributed by atoms with Gasteiger partial charge in [-0.2, -0.15) is 5.10 Å². The Labute approximate surface area is 162 Å². The normalized spacial score (nSPS) is 15.7. The second-order valence-corrected chi connectivity index (χ2v) is 8.55. The Kier molecular flexibility index (Phi) is 6.32. The summed E-state index contributed by atoms with van der Waals surface area (Å²) in [5.74, 6) is 0.707. The molecule has 0 bridgehead atoms. The average molecular weight is 369 g/mol. The third kappa shape index (κ3) is 5.67. The lowest BCUT2D eigenvalue weighted by atomic mass is 9.86. The van der Waals surface area contributed by atoms with Crippen molar-refractivity contribution < 1.29 is 4.79 Å². The molecular weight excluding hydrogens is 336 g/mol. The second-order valence-electron chi connectivity index (χ2n) is 8.55. The van der Waals surface area contributed by atoms with Crippen molar-refractivity contribution in [2.45, 2.75) is 58.3 Å². The highest BCUT2D eigenvalue weighted by Gasteiger charge is 2.14. The molecule has 5 heteroatoms. The minimum Gasteiger partial charge on any atom is -0.311 e. The fourth-order valence-corrected chi connectivity index (χ4v) is 3.53. The Bertz CT molecular complexity index is 736. The van der Waals surface area contributed by atoms with Gasteiger partial charge in [0.25, 0.3) is 0 Å². The van der Waals surface area contributed by atoms with Crippen LogP contribution in [-0.2, 0) is 10.2 Å². The summed E-state index contributed by atoms with van der Waals surface area (Å²) in [5, 5.41) is 10.2. The maximum absolute atomic E-state index is 12.2. The number of piperidine rings is 1. The zero-order valence-electron chi connectivity index (χ0n) is 16.8. The lowest BCUT2D eigenvalue weighted by molar-refractivity contribution is -0.116. The zero-order valence-corrected chi connectivity index (χ0v) is 16.8. The molecule has 1 saturated heterocycles. The molecule has 1 fully saturated rings. The number of H-pyrrole nitrogens is 1. The van der Waals surface area contributed by atoms with E-state index in [-0.39, 0.29) is 11.3 Å². The summed E-state index contributed by atoms with van der Waals surface area (Å²) in [5.41, 5.74) is 3.32. The summed E-state index contributed by atoms with van der Waals surface area (Å²) in [7, 11) is 0. The minimum absolute atomic E-state index is 0.0466. The van der Waals surface area contributed by atoms with Gasteiger partial charge in [-0.3, -0.25) is 9.89 Å². The van der Waals surface area contributed by atoms with Crippen LogP contribution < -0.4 is 5.32 Å². The quantitative estimate of drug-likeness (QED) is 0.784. The molecule has 2 aromatic rings. The first-order valence-corrected chi connectivity index (χ1v) is 10.1. The van der Waals surface area contributed by atoms with Crippen LogP contribution in [0.25, 0.3) is 11.3 Å². The molecule has 0 atom stereocenters. The number of nitrogens with one attached hydrogen (secondary N) is 2. The van der Waals surface area contributed by atoms with Crippen molar-refractivity contribution in [2.24, 2.45) is 0 Å². The first-order chi connectivity index (χ1) is 12.9. The monoisotopic (exact) mass is 368 g/mol. The molecule has 2 heterocycles. The number of rotatable bonds is 6. The van der Waals surface area contributed by atoms with E-state index >= 15 is 0 Å². The molecule has 3 rings (SSSR count). The highest BCUT2D eigenvalue weighted by atomic mass is 16.1. The van der Waals surface area contributed by atoms with Crippen molar-refractivity contribution in [1.82, 2.24) is 15.1 Å². The van der Waals surface area contributed by atoms with Crippen LogP contribution in [0.1, 0.15) is 58.4 Å². The number of hydrogen-bond acceptors (Lipinski definition) is 3. The van der Waals surface area contributed by atoms with Crippen molar-refractivity contribution >= 4 is 11.7 Å². The SMILES string of the molecule is CC(C)(C)c1ccc(-c2cc(NC(=O)CCCN3CCCCC3)[nH]n2)cc1. The number of anilines is 1. The van der Waals surface area contributed by atoms with Gasteiger partial charge in [0.2, 0.25) is 5.91 Å². The zero-order chi connectivity index (χ0) is 19.3. The molecule has 0 saturated carbocycles. The van der Waals surface area contributed by atoms with Gasteiger partial charge in [-0.15, -0.1) is 0 Å². The Balaban J connectivity index is 1.49. The van der Waals surface area contributed by atoms with E-state index in [2.05, 4.69) is 65.5 Å². The van der Waals surface area contributed by atoms with E-state index in [4.69, 9.17) is 0 Å². The number of benzene rings is 1. The number of likely N-dealkylation sites (tertiary alicyclic amines) is 1. The van der Waals surface area contributed by atoms with E-state index < -0.39 is 0 Å². The largest absolute Gasteiger partial charge is 0.311 e. The van der Waals surface area contributed by atoms with Crippen LogP contribution in [0.2, 0.25) is 0 Å². The first kappa shape index (κ1) is 19.6. The van der Waals surface area contributed by atoms with Crippen molar-refractivity contribution in [3.8, 4) is 11.3 Å². The van der Waals surface area contributed by atoms with Gasteiger partial charge in [0.15, 0.2) is 0 Å². The number of hydrogen-bond donors (Lipinski definition) is 2. The highest BCUT2D eigenvalue weighted by molar-refractivity contribution is 5.90. The molecule has 0 aliphatic carbocycles. The molecule has 0 radical (unpaired) electrons. The number of amides is 1. The Morgan fingerprint density at radius 1 is 1.15 bits per heavy atom. The Morgan fingerprint density at radius 3 is 2.52 bits per heavy atom. The molecule has 5 nitrogen and oxygen atoms in total. The molecular formula is C22H32N4O. The van der Waals surface area contributed by atoms with Crippen molar-refractivity contribution in [3.63, 3.8) is 0 Å². The van der Waals surface area contributed by atoms with Crippen LogP contribution in [0, 0.1) is 0 Å². The predicted octanol–water partition coefficient (Wildman–Crippen LogP) is 4.58. The Morgan fingerprint density at radius 2 is 1.85 bits per heavy atom. The van der Waals surface area contributed by atoms with Crippen LogP contribution in [0.5, 0.6) is 0 Å². The van der Waals surface area contributed by atoms with Crippen LogP contribution in [0.15, 0.2) is 30.3 Å². The summed E-state index contributed by atoms with van der Waals surface area (Å²) >= 11 is 0. The van der Waals surface area contributed by atoms with E-state index in [1.54, 1.807) is 0 Å². The highest BCUT2D eigenvalue weighted by Crippen LogP contribution is 2.26. The maximum Gasteiger partial charge on any atom is 0.225 e. The fourth-order valence-electron chi connectivity index (χ4n) is 3.53. The summed E-state index contributed by atoms with van der Waals surface area (Å²) in [6, 6.07) is 10.3. The fraction of sp³-hybridized carbons (Fsp3) is 0.545. The molecule has 1 amide bonds. The third-order valence-electron chi connectivity index (χ3n) is 5.23. The smallest absolute Gasteiger partial charge is 0.225 e. The molecule has 2 N–H and O–H groups in total. The number of carbonyl (C=O) groups is 1. The molecule has 0 spiro atoms. The first-order valence-electron chi connectivity index (χ1n) is 10.1. The lowest BCUT2D eigenvalue weighted by Crippen LogP contribution is -2.31. The summed E-state index contributed by atoms with van der Waals surface area (Å²) in [6.45, 7) is 9.99. The third-order valence-corrected chi connectivity index (χ3v) is 5.23. The molecule has 146 valence electrons. The summed E-state index contributed by atoms with van der Waals surface area (Å²) in [4.78, 5) is 14.6. The summed E-state index contributed by atoms with van der Waals surface area (Å²) in [6.07, 6.45) is 5.38. The maximum atomic E-state index is 12.2. The molecule has 1 aliphatic rings. The summed E-state index contributed by atoms with van der Waals surface area (Å²) < 4.78 is 0. The van der Waals surface area contributed by atoms with E-state index in [0.29, 0.717) is 12.2 Å². The van der Waals surface area contributed by atoms with Gasteiger partial charge in [0, 0.05) is 18.1 Å². The van der Waals surface area contributed by atoms with Crippen molar-refractivity contribution in [1.29, 1.82) is 0 Å². The van der Waals surface area contributed by atoms with Crippen LogP contribution in [0.3, 0.4) is 0 Å². The molecule has 1 aromatic heterocycles. The van der Waals surface area contributed by atoms with Gasteiger partial charge in [-0.1, -0.05) is 51.5 Å². The molecule has 0 unspecified atom stereocenters. The van der Waals surface area contributed by atoms with E-state index in [1.165, 1.54) is 37.9 Å². The number of carbonyl (C=O) groups excluding carboxylic acids is 1. The second kappa shape index (κ2) is 8.70. The topological polar surface area (TPSA) is 61.0 Å². The average Bonchev–Trinajstić information content (AvgIpc) is 3.10. The van der Waals surface area contributed by atoms with Crippen LogP contribution >= 0.6 is 0 Å². The van der Waals surface area contributed by atoms with Gasteiger partial charge in [-0.25, -0.2) is 0 Å². The molecule has 1 aliphatic heterocycles. The number of nitrogens with zero attached hydrogens (tertiary/aromatic N) is 2. The van der Waals surface area contributed by atoms with E-state index in [1.807, 2.05) is 6.07 Å². The van der Waals surface area contributed by atoms with Gasteiger partial charge in [0.05, 0.1) is 5.69 Å². The van der Waals surface area contributed by atoms with Gasteiger partial charge >= 0.3 is 0 Å². The number of aromatic amines is 1. The van der Waals surface area contributed by atoms with Crippen LogP contribution in [-0.4, -0.2) is 40.6 Å². The van der Waals surface area contributed by atoms with Gasteiger partial charge in [-0.05, 0) is 49.9 Å². The van der Waals surface area contributed by atoms with Gasteiger partial charge < -0.3 is 10.2 Å². The lowest BCUT2D eigenvalue weighted by Gasteiger charge is -2.26. The van der Waals surface area contributed by atoms with Crippen LogP contribution in [0.4, 0.5) is 5.82 Å². The van der Waals surface area contributed by atoms with E-state index in [9.17, 15) is 4.79 Å². The standard InChI is InChI=1S/C22H32N4O/c1-22(2,3)18-11-9-17(10-12-18)19-16-20(25-24-19)23-21(27)8-7-15-26-13-5-4-6-14-26/h9-12,16H,4-8,13-15H2,1-3H3,(H2,23,24,25,27). The minimum atomic E-state index is 0.0466. The molecule has 27 heavy (non-hydrogen) atoms. The van der Waals surface area contributed by atoms with Crippen molar-refractivity contribution in [3.05, 3.63) is 35.9 Å². The van der Waals surface area contributed by atoms with Crippen molar-refractivity contribution in [2.75, 3.05) is 25.0 Å². The Hall–Kier alpha value is -2.14. The predicted molar refractivity (Wildman–Crippen MR) is 111 cm³/mol.